The molecule has 0 aliphatic carbocycles. The lowest BCUT2D eigenvalue weighted by Crippen LogP contribution is -2.01. The second-order valence-electron chi connectivity index (χ2n) is 3.23. The van der Waals surface area contributed by atoms with Gasteiger partial charge in [-0.05, 0) is 30.5 Å². The summed E-state index contributed by atoms with van der Waals surface area (Å²) in [6.45, 7) is 1.89. The van der Waals surface area contributed by atoms with Crippen LogP contribution in [0.2, 0.25) is 0 Å². The fourth-order valence-electron chi connectivity index (χ4n) is 1.41. The number of carbonyl (C=O) groups is 1. The summed E-state index contributed by atoms with van der Waals surface area (Å²) >= 11 is 1.52. The van der Waals surface area contributed by atoms with Gasteiger partial charge in [-0.3, -0.25) is 4.79 Å². The summed E-state index contributed by atoms with van der Waals surface area (Å²) < 4.78 is 12.9. The third-order valence-corrected chi connectivity index (χ3v) is 3.04. The molecule has 2 aromatic rings. The van der Waals surface area contributed by atoms with Gasteiger partial charge in [0, 0.05) is 16.0 Å². The summed E-state index contributed by atoms with van der Waals surface area (Å²) in [4.78, 5) is 12.9. The Morgan fingerprint density at radius 3 is 2.73 bits per heavy atom. The third kappa shape index (κ3) is 1.97. The van der Waals surface area contributed by atoms with Crippen LogP contribution in [0.1, 0.15) is 20.8 Å². The summed E-state index contributed by atoms with van der Waals surface area (Å²) in [6.07, 6.45) is 0. The Kier molecular flexibility index (Phi) is 2.64. The Morgan fingerprint density at radius 1 is 1.33 bits per heavy atom. The largest absolute Gasteiger partial charge is 0.289 e. The normalized spacial score (nSPS) is 10.3. The molecule has 1 aromatic heterocycles. The van der Waals surface area contributed by atoms with E-state index in [4.69, 9.17) is 0 Å². The standard InChI is InChI=1S/C12H9FOS/c1-8-11(5-6-15-8)12(14)9-3-2-4-10(13)7-9/h2-7H,1H3. The quantitative estimate of drug-likeness (QED) is 0.709. The van der Waals surface area contributed by atoms with Gasteiger partial charge in [0.05, 0.1) is 0 Å². The number of rotatable bonds is 2. The highest BCUT2D eigenvalue weighted by Crippen LogP contribution is 2.19. The highest BCUT2D eigenvalue weighted by atomic mass is 32.1. The maximum atomic E-state index is 12.9. The van der Waals surface area contributed by atoms with Gasteiger partial charge < -0.3 is 0 Å². The molecule has 1 heterocycles. The zero-order valence-corrected chi connectivity index (χ0v) is 8.98. The van der Waals surface area contributed by atoms with E-state index in [2.05, 4.69) is 0 Å². The average Bonchev–Trinajstić information content (AvgIpc) is 2.63. The molecule has 0 aliphatic heterocycles. The lowest BCUT2D eigenvalue weighted by atomic mass is 10.0. The van der Waals surface area contributed by atoms with E-state index in [9.17, 15) is 9.18 Å². The van der Waals surface area contributed by atoms with Crippen LogP contribution >= 0.6 is 11.3 Å². The number of halogens is 1. The molecule has 0 unspecified atom stereocenters. The predicted octanol–water partition coefficient (Wildman–Crippen LogP) is 3.43. The molecule has 0 aliphatic rings. The maximum Gasteiger partial charge on any atom is 0.194 e. The van der Waals surface area contributed by atoms with Crippen LogP contribution in [0, 0.1) is 12.7 Å². The minimum absolute atomic E-state index is 0.117. The Bertz CT molecular complexity index is 502. The summed E-state index contributed by atoms with van der Waals surface area (Å²) in [5.74, 6) is -0.498. The molecule has 0 saturated carbocycles. The van der Waals surface area contributed by atoms with Gasteiger partial charge in [-0.2, -0.15) is 0 Å². The van der Waals surface area contributed by atoms with E-state index in [0.717, 1.165) is 4.88 Å². The van der Waals surface area contributed by atoms with Crippen molar-refractivity contribution in [3.05, 3.63) is 57.5 Å². The zero-order valence-electron chi connectivity index (χ0n) is 8.16. The highest BCUT2D eigenvalue weighted by Gasteiger charge is 2.12. The number of hydrogen-bond acceptors (Lipinski definition) is 2. The van der Waals surface area contributed by atoms with Crippen molar-refractivity contribution < 1.29 is 9.18 Å². The number of hydrogen-bond donors (Lipinski definition) is 0. The van der Waals surface area contributed by atoms with Crippen molar-refractivity contribution in [3.8, 4) is 0 Å². The molecule has 1 nitrogen and oxygen atoms in total. The van der Waals surface area contributed by atoms with Gasteiger partial charge in [0.25, 0.3) is 0 Å². The topological polar surface area (TPSA) is 17.1 Å². The molecule has 0 radical (unpaired) electrons. The van der Waals surface area contributed by atoms with Crippen LogP contribution in [0.5, 0.6) is 0 Å². The van der Waals surface area contributed by atoms with Crippen molar-refractivity contribution >= 4 is 17.1 Å². The lowest BCUT2D eigenvalue weighted by molar-refractivity contribution is 0.103. The Labute approximate surface area is 91.2 Å². The van der Waals surface area contributed by atoms with Gasteiger partial charge in [0.1, 0.15) is 5.82 Å². The van der Waals surface area contributed by atoms with Crippen LogP contribution in [-0.4, -0.2) is 5.78 Å². The Balaban J connectivity index is 2.41. The van der Waals surface area contributed by atoms with E-state index in [1.54, 1.807) is 18.2 Å². The summed E-state index contributed by atoms with van der Waals surface area (Å²) in [6, 6.07) is 7.54. The van der Waals surface area contributed by atoms with Crippen LogP contribution in [0.4, 0.5) is 4.39 Å². The molecule has 0 bridgehead atoms. The van der Waals surface area contributed by atoms with Gasteiger partial charge in [-0.25, -0.2) is 4.39 Å². The van der Waals surface area contributed by atoms with E-state index in [0.29, 0.717) is 11.1 Å². The molecule has 0 saturated heterocycles. The van der Waals surface area contributed by atoms with E-state index in [1.807, 2.05) is 12.3 Å². The Morgan fingerprint density at radius 2 is 2.13 bits per heavy atom. The lowest BCUT2D eigenvalue weighted by Gasteiger charge is -1.99. The molecule has 0 atom stereocenters. The SMILES string of the molecule is Cc1sccc1C(=O)c1cccc(F)c1. The molecule has 0 amide bonds. The van der Waals surface area contributed by atoms with Crippen LogP contribution in [0.3, 0.4) is 0 Å². The summed E-state index contributed by atoms with van der Waals surface area (Å²) in [5, 5.41) is 1.86. The van der Waals surface area contributed by atoms with Gasteiger partial charge >= 0.3 is 0 Å². The van der Waals surface area contributed by atoms with E-state index >= 15 is 0 Å². The number of ketones is 1. The van der Waals surface area contributed by atoms with Crippen molar-refractivity contribution in [1.82, 2.24) is 0 Å². The van der Waals surface area contributed by atoms with Gasteiger partial charge in [0.15, 0.2) is 5.78 Å². The second-order valence-corrected chi connectivity index (χ2v) is 4.35. The maximum absolute atomic E-state index is 12.9. The molecule has 15 heavy (non-hydrogen) atoms. The fourth-order valence-corrected chi connectivity index (χ4v) is 2.10. The number of carbonyl (C=O) groups excluding carboxylic acids is 1. The van der Waals surface area contributed by atoms with Crippen molar-refractivity contribution in [3.63, 3.8) is 0 Å². The molecule has 0 spiro atoms. The molecule has 3 heteroatoms. The minimum Gasteiger partial charge on any atom is -0.289 e. The number of thiophene rings is 1. The van der Waals surface area contributed by atoms with E-state index in [1.165, 1.54) is 23.5 Å². The molecule has 0 N–H and O–H groups in total. The van der Waals surface area contributed by atoms with Crippen LogP contribution in [0.25, 0.3) is 0 Å². The third-order valence-electron chi connectivity index (χ3n) is 2.19. The van der Waals surface area contributed by atoms with E-state index in [-0.39, 0.29) is 11.6 Å². The number of aryl methyl sites for hydroxylation is 1. The monoisotopic (exact) mass is 220 g/mol. The first kappa shape index (κ1) is 10.1. The predicted molar refractivity (Wildman–Crippen MR) is 58.9 cm³/mol. The van der Waals surface area contributed by atoms with Crippen molar-refractivity contribution in [2.75, 3.05) is 0 Å². The second kappa shape index (κ2) is 3.95. The molecular weight excluding hydrogens is 211 g/mol. The first-order valence-corrected chi connectivity index (χ1v) is 5.41. The van der Waals surface area contributed by atoms with Gasteiger partial charge in [0.2, 0.25) is 0 Å². The molecular formula is C12H9FOS. The van der Waals surface area contributed by atoms with Crippen molar-refractivity contribution in [2.45, 2.75) is 6.92 Å². The molecule has 1 aromatic carbocycles. The zero-order chi connectivity index (χ0) is 10.8. The van der Waals surface area contributed by atoms with Crippen molar-refractivity contribution in [1.29, 1.82) is 0 Å². The van der Waals surface area contributed by atoms with Crippen LogP contribution < -0.4 is 0 Å². The van der Waals surface area contributed by atoms with Gasteiger partial charge in [-0.1, -0.05) is 12.1 Å². The number of benzene rings is 1. The minimum atomic E-state index is -0.381. The van der Waals surface area contributed by atoms with Gasteiger partial charge in [-0.15, -0.1) is 11.3 Å². The van der Waals surface area contributed by atoms with Crippen molar-refractivity contribution in [2.24, 2.45) is 0 Å². The van der Waals surface area contributed by atoms with Crippen LogP contribution in [-0.2, 0) is 0 Å². The fraction of sp³-hybridized carbons (Fsp3) is 0.0833. The molecule has 0 fully saturated rings. The highest BCUT2D eigenvalue weighted by molar-refractivity contribution is 7.10. The van der Waals surface area contributed by atoms with Crippen LogP contribution in [0.15, 0.2) is 35.7 Å². The smallest absolute Gasteiger partial charge is 0.194 e. The Hall–Kier alpha value is -1.48. The molecule has 2 rings (SSSR count). The molecule has 76 valence electrons. The summed E-state index contributed by atoms with van der Waals surface area (Å²) in [7, 11) is 0. The van der Waals surface area contributed by atoms with E-state index < -0.39 is 0 Å². The first-order chi connectivity index (χ1) is 7.18. The average molecular weight is 220 g/mol. The first-order valence-electron chi connectivity index (χ1n) is 4.53. The summed E-state index contributed by atoms with van der Waals surface area (Å²) in [5.41, 5.74) is 1.06.